The third kappa shape index (κ3) is 1.78. The van der Waals surface area contributed by atoms with Gasteiger partial charge in [-0.2, -0.15) is 0 Å². The maximum Gasteiger partial charge on any atom is 0.0622 e. The number of hydrogen-bond donors (Lipinski definition) is 1. The van der Waals surface area contributed by atoms with Crippen LogP contribution < -0.4 is 10.2 Å². The quantitative estimate of drug-likeness (QED) is 0.728. The second-order valence-corrected chi connectivity index (χ2v) is 4.65. The molecule has 0 fully saturated rings. The molecule has 15 heavy (non-hydrogen) atoms. The summed E-state index contributed by atoms with van der Waals surface area (Å²) in [5.41, 5.74) is 3.59. The van der Waals surface area contributed by atoms with Gasteiger partial charge in [-0.1, -0.05) is 11.6 Å². The van der Waals surface area contributed by atoms with Gasteiger partial charge in [0, 0.05) is 24.7 Å². The van der Waals surface area contributed by atoms with E-state index in [2.05, 4.69) is 37.2 Å². The number of hydrogen-bond acceptors (Lipinski definition) is 2. The van der Waals surface area contributed by atoms with Crippen molar-refractivity contribution in [3.05, 3.63) is 22.7 Å². The minimum Gasteiger partial charge on any atom is -0.383 e. The summed E-state index contributed by atoms with van der Waals surface area (Å²) in [6, 6.07) is 4.64. The lowest BCUT2D eigenvalue weighted by molar-refractivity contribution is 0.657. The molecule has 2 rings (SSSR count). The van der Waals surface area contributed by atoms with E-state index < -0.39 is 0 Å². The highest BCUT2D eigenvalue weighted by atomic mass is 35.5. The van der Waals surface area contributed by atoms with Crippen LogP contribution in [0, 0.1) is 6.92 Å². The van der Waals surface area contributed by atoms with Crippen LogP contribution in [-0.4, -0.2) is 19.6 Å². The summed E-state index contributed by atoms with van der Waals surface area (Å²) in [6.45, 7) is 5.33. The van der Waals surface area contributed by atoms with Gasteiger partial charge in [-0.3, -0.25) is 0 Å². The van der Waals surface area contributed by atoms with Crippen molar-refractivity contribution in [1.29, 1.82) is 0 Å². The number of nitrogens with zero attached hydrogens (tertiary/aromatic N) is 1. The van der Waals surface area contributed by atoms with Crippen LogP contribution in [-0.2, 0) is 0 Å². The molecule has 1 N–H and O–H groups in total. The highest BCUT2D eigenvalue weighted by molar-refractivity contribution is 6.32. The summed E-state index contributed by atoms with van der Waals surface area (Å²) in [5.74, 6) is 0. The predicted molar refractivity (Wildman–Crippen MR) is 67.2 cm³/mol. The lowest BCUT2D eigenvalue weighted by Gasteiger charge is -2.26. The maximum absolute atomic E-state index is 6.12. The zero-order valence-electron chi connectivity index (χ0n) is 9.47. The van der Waals surface area contributed by atoms with Crippen LogP contribution in [0.2, 0.25) is 5.02 Å². The molecule has 0 aromatic heterocycles. The largest absolute Gasteiger partial charge is 0.383 e. The molecule has 0 saturated heterocycles. The van der Waals surface area contributed by atoms with Crippen LogP contribution in [0.25, 0.3) is 0 Å². The Bertz CT molecular complexity index is 376. The molecule has 2 nitrogen and oxygen atoms in total. The van der Waals surface area contributed by atoms with Crippen molar-refractivity contribution < 1.29 is 0 Å². The second kappa shape index (κ2) is 3.93. The standard InChI is InChI=1S/C12H17ClN2/c1-8-6-7-14-12-9(2)10(13)4-5-11(12)15(8)3/h4-5,8,14H,6-7H2,1-3H3. The topological polar surface area (TPSA) is 15.3 Å². The summed E-state index contributed by atoms with van der Waals surface area (Å²) < 4.78 is 0. The minimum atomic E-state index is 0.569. The van der Waals surface area contributed by atoms with Gasteiger partial charge in [0.15, 0.2) is 0 Å². The van der Waals surface area contributed by atoms with Crippen LogP contribution in [0.5, 0.6) is 0 Å². The van der Waals surface area contributed by atoms with E-state index in [-0.39, 0.29) is 0 Å². The van der Waals surface area contributed by atoms with Gasteiger partial charge in [0.05, 0.1) is 11.4 Å². The van der Waals surface area contributed by atoms with Crippen LogP contribution in [0.15, 0.2) is 12.1 Å². The van der Waals surface area contributed by atoms with Crippen molar-refractivity contribution in [2.45, 2.75) is 26.3 Å². The summed E-state index contributed by atoms with van der Waals surface area (Å²) in [6.07, 6.45) is 1.15. The molecule has 0 saturated carbocycles. The molecule has 1 aromatic rings. The number of rotatable bonds is 0. The van der Waals surface area contributed by atoms with E-state index in [0.717, 1.165) is 23.6 Å². The first-order chi connectivity index (χ1) is 7.11. The SMILES string of the molecule is Cc1c(Cl)ccc2c1NCCC(C)N2C. The molecule has 0 bridgehead atoms. The summed E-state index contributed by atoms with van der Waals surface area (Å²) in [4.78, 5) is 2.32. The van der Waals surface area contributed by atoms with E-state index in [1.165, 1.54) is 11.4 Å². The number of anilines is 2. The third-order valence-electron chi connectivity index (χ3n) is 3.28. The average Bonchev–Trinajstić information content (AvgIpc) is 2.35. The van der Waals surface area contributed by atoms with Crippen molar-refractivity contribution in [3.63, 3.8) is 0 Å². The van der Waals surface area contributed by atoms with E-state index in [1.807, 2.05) is 6.07 Å². The van der Waals surface area contributed by atoms with Gasteiger partial charge < -0.3 is 10.2 Å². The van der Waals surface area contributed by atoms with Gasteiger partial charge in [-0.05, 0) is 38.0 Å². The molecular formula is C12H17ClN2. The van der Waals surface area contributed by atoms with E-state index in [4.69, 9.17) is 11.6 Å². The summed E-state index contributed by atoms with van der Waals surface area (Å²) in [5, 5.41) is 4.31. The molecular weight excluding hydrogens is 208 g/mol. The van der Waals surface area contributed by atoms with Crippen LogP contribution in [0.1, 0.15) is 18.9 Å². The number of halogens is 1. The fraction of sp³-hybridized carbons (Fsp3) is 0.500. The molecule has 3 heteroatoms. The molecule has 0 spiro atoms. The van der Waals surface area contributed by atoms with Gasteiger partial charge in [-0.25, -0.2) is 0 Å². The molecule has 1 heterocycles. The first kappa shape index (κ1) is 10.6. The van der Waals surface area contributed by atoms with Gasteiger partial charge >= 0.3 is 0 Å². The molecule has 0 aliphatic carbocycles. The molecule has 1 atom stereocenters. The van der Waals surface area contributed by atoms with Crippen molar-refractivity contribution in [3.8, 4) is 0 Å². The fourth-order valence-electron chi connectivity index (χ4n) is 2.03. The normalized spacial score (nSPS) is 20.5. The fourth-order valence-corrected chi connectivity index (χ4v) is 2.18. The Labute approximate surface area is 96.2 Å². The average molecular weight is 225 g/mol. The van der Waals surface area contributed by atoms with Gasteiger partial charge in [0.2, 0.25) is 0 Å². The van der Waals surface area contributed by atoms with Gasteiger partial charge in [-0.15, -0.1) is 0 Å². The van der Waals surface area contributed by atoms with Crippen molar-refractivity contribution in [2.24, 2.45) is 0 Å². The summed E-state index contributed by atoms with van der Waals surface area (Å²) in [7, 11) is 2.14. The summed E-state index contributed by atoms with van der Waals surface area (Å²) >= 11 is 6.12. The highest BCUT2D eigenvalue weighted by Crippen LogP contribution is 2.36. The lowest BCUT2D eigenvalue weighted by Crippen LogP contribution is -2.28. The van der Waals surface area contributed by atoms with Crippen LogP contribution in [0.4, 0.5) is 11.4 Å². The Balaban J connectivity index is 2.53. The van der Waals surface area contributed by atoms with E-state index in [0.29, 0.717) is 6.04 Å². The molecule has 0 amide bonds. The molecule has 82 valence electrons. The Morgan fingerprint density at radius 1 is 1.47 bits per heavy atom. The Kier molecular flexibility index (Phi) is 2.79. The van der Waals surface area contributed by atoms with Crippen LogP contribution >= 0.6 is 11.6 Å². The van der Waals surface area contributed by atoms with E-state index in [1.54, 1.807) is 0 Å². The molecule has 1 aromatic carbocycles. The number of fused-ring (bicyclic) bond motifs is 1. The van der Waals surface area contributed by atoms with Gasteiger partial charge in [0.25, 0.3) is 0 Å². The number of benzene rings is 1. The first-order valence-corrected chi connectivity index (χ1v) is 5.75. The highest BCUT2D eigenvalue weighted by Gasteiger charge is 2.19. The van der Waals surface area contributed by atoms with E-state index in [9.17, 15) is 0 Å². The molecule has 1 unspecified atom stereocenters. The van der Waals surface area contributed by atoms with Gasteiger partial charge in [0.1, 0.15) is 0 Å². The van der Waals surface area contributed by atoms with Crippen molar-refractivity contribution >= 4 is 23.0 Å². The Morgan fingerprint density at radius 2 is 2.20 bits per heavy atom. The predicted octanol–water partition coefficient (Wildman–Crippen LogP) is 3.29. The zero-order chi connectivity index (χ0) is 11.0. The lowest BCUT2D eigenvalue weighted by atomic mass is 10.1. The van der Waals surface area contributed by atoms with Crippen molar-refractivity contribution in [1.82, 2.24) is 0 Å². The smallest absolute Gasteiger partial charge is 0.0622 e. The van der Waals surface area contributed by atoms with E-state index >= 15 is 0 Å². The molecule has 1 aliphatic rings. The second-order valence-electron chi connectivity index (χ2n) is 4.24. The maximum atomic E-state index is 6.12. The van der Waals surface area contributed by atoms with Crippen LogP contribution in [0.3, 0.4) is 0 Å². The zero-order valence-corrected chi connectivity index (χ0v) is 10.2. The Hall–Kier alpha value is -0.890. The molecule has 0 radical (unpaired) electrons. The monoisotopic (exact) mass is 224 g/mol. The minimum absolute atomic E-state index is 0.569. The van der Waals surface area contributed by atoms with Crippen molar-refractivity contribution in [2.75, 3.05) is 23.8 Å². The Morgan fingerprint density at radius 3 is 2.93 bits per heavy atom. The number of nitrogens with one attached hydrogen (secondary N) is 1. The first-order valence-electron chi connectivity index (χ1n) is 5.37. The third-order valence-corrected chi connectivity index (χ3v) is 3.69. The molecule has 1 aliphatic heterocycles.